The van der Waals surface area contributed by atoms with Gasteiger partial charge in [0.1, 0.15) is 0 Å². The van der Waals surface area contributed by atoms with Crippen LogP contribution in [0.2, 0.25) is 5.02 Å². The molecule has 0 aliphatic rings. The van der Waals surface area contributed by atoms with Crippen LogP contribution in [0.25, 0.3) is 0 Å². The number of benzene rings is 1. The van der Waals surface area contributed by atoms with Gasteiger partial charge in [-0.15, -0.1) is 0 Å². The third-order valence-electron chi connectivity index (χ3n) is 2.94. The van der Waals surface area contributed by atoms with Gasteiger partial charge in [-0.2, -0.15) is 15.6 Å². The van der Waals surface area contributed by atoms with Crippen LogP contribution in [0.15, 0.2) is 39.9 Å². The monoisotopic (exact) mass is 330 g/mol. The van der Waals surface area contributed by atoms with E-state index in [4.69, 9.17) is 17.3 Å². The van der Waals surface area contributed by atoms with E-state index in [1.54, 1.807) is 13.1 Å². The minimum atomic E-state index is -3.55. The minimum absolute atomic E-state index is 0.178. The highest BCUT2D eigenvalue weighted by molar-refractivity contribution is 7.89. The lowest BCUT2D eigenvalue weighted by molar-refractivity contribution is 0.467. The molecule has 0 saturated carbocycles. The molecule has 7 heteroatoms. The molecule has 0 unspecified atom stereocenters. The first kappa shape index (κ1) is 15.5. The Morgan fingerprint density at radius 2 is 2.10 bits per heavy atom. The Labute approximate surface area is 127 Å². The summed E-state index contributed by atoms with van der Waals surface area (Å²) in [6, 6.07) is 6.53. The molecule has 2 aromatic rings. The van der Waals surface area contributed by atoms with Gasteiger partial charge in [0.2, 0.25) is 10.0 Å². The van der Waals surface area contributed by atoms with E-state index in [1.165, 1.54) is 27.8 Å². The van der Waals surface area contributed by atoms with E-state index in [0.29, 0.717) is 11.6 Å². The molecule has 2 N–H and O–H groups in total. The van der Waals surface area contributed by atoms with Crippen LogP contribution < -0.4 is 5.73 Å². The van der Waals surface area contributed by atoms with Crippen molar-refractivity contribution in [2.45, 2.75) is 18.0 Å². The Morgan fingerprint density at radius 1 is 1.35 bits per heavy atom. The Kier molecular flexibility index (Phi) is 4.82. The zero-order valence-electron chi connectivity index (χ0n) is 10.9. The van der Waals surface area contributed by atoms with Crippen LogP contribution in [0.3, 0.4) is 0 Å². The van der Waals surface area contributed by atoms with Crippen molar-refractivity contribution in [2.24, 2.45) is 5.73 Å². The van der Waals surface area contributed by atoms with Gasteiger partial charge in [-0.25, -0.2) is 8.42 Å². The molecule has 108 valence electrons. The van der Waals surface area contributed by atoms with Crippen LogP contribution in [0.1, 0.15) is 11.1 Å². The molecule has 0 bridgehead atoms. The molecule has 0 atom stereocenters. The summed E-state index contributed by atoms with van der Waals surface area (Å²) in [5.41, 5.74) is 7.21. The maximum Gasteiger partial charge on any atom is 0.243 e. The van der Waals surface area contributed by atoms with Gasteiger partial charge in [0.15, 0.2) is 0 Å². The number of thiophene rings is 1. The first-order chi connectivity index (χ1) is 9.45. The second kappa shape index (κ2) is 6.24. The fourth-order valence-electron chi connectivity index (χ4n) is 1.76. The molecular formula is C13H15ClN2O2S2. The summed E-state index contributed by atoms with van der Waals surface area (Å²) in [6.07, 6.45) is 0. The number of rotatable bonds is 5. The summed E-state index contributed by atoms with van der Waals surface area (Å²) in [5.74, 6) is 0. The summed E-state index contributed by atoms with van der Waals surface area (Å²) in [5, 5.41) is 4.22. The molecule has 0 radical (unpaired) electrons. The highest BCUT2D eigenvalue weighted by atomic mass is 35.5. The van der Waals surface area contributed by atoms with E-state index in [9.17, 15) is 8.42 Å². The van der Waals surface area contributed by atoms with Gasteiger partial charge in [-0.1, -0.05) is 17.7 Å². The zero-order valence-corrected chi connectivity index (χ0v) is 13.3. The molecule has 20 heavy (non-hydrogen) atoms. The lowest BCUT2D eigenvalue weighted by Crippen LogP contribution is -2.26. The van der Waals surface area contributed by atoms with Crippen molar-refractivity contribution in [2.75, 3.05) is 7.05 Å². The second-order valence-electron chi connectivity index (χ2n) is 4.35. The van der Waals surface area contributed by atoms with Gasteiger partial charge in [-0.3, -0.25) is 0 Å². The van der Waals surface area contributed by atoms with Crippen molar-refractivity contribution in [3.63, 3.8) is 0 Å². The Morgan fingerprint density at radius 3 is 2.65 bits per heavy atom. The molecule has 1 aromatic heterocycles. The molecule has 1 heterocycles. The minimum Gasteiger partial charge on any atom is -0.326 e. The Bertz CT molecular complexity index is 684. The summed E-state index contributed by atoms with van der Waals surface area (Å²) >= 11 is 7.56. The van der Waals surface area contributed by atoms with E-state index in [1.807, 2.05) is 16.8 Å². The molecule has 0 spiro atoms. The smallest absolute Gasteiger partial charge is 0.243 e. The molecule has 1 aromatic carbocycles. The summed E-state index contributed by atoms with van der Waals surface area (Å²) in [7, 11) is -2.00. The van der Waals surface area contributed by atoms with Crippen molar-refractivity contribution in [3.05, 3.63) is 51.2 Å². The van der Waals surface area contributed by atoms with Gasteiger partial charge >= 0.3 is 0 Å². The zero-order chi connectivity index (χ0) is 14.8. The topological polar surface area (TPSA) is 63.4 Å². The molecule has 0 saturated heterocycles. The standard InChI is InChI=1S/C13H15ClN2O2S2/c1-16(8-10-4-5-19-9-10)20(17,18)12-3-2-11(7-15)13(14)6-12/h2-6,9H,7-8,15H2,1H3. The van der Waals surface area contributed by atoms with Crippen molar-refractivity contribution in [1.82, 2.24) is 4.31 Å². The SMILES string of the molecule is CN(Cc1ccsc1)S(=O)(=O)c1ccc(CN)c(Cl)c1. The maximum absolute atomic E-state index is 12.4. The van der Waals surface area contributed by atoms with Gasteiger partial charge < -0.3 is 5.73 Å². The largest absolute Gasteiger partial charge is 0.326 e. The lowest BCUT2D eigenvalue weighted by Gasteiger charge is -2.17. The van der Waals surface area contributed by atoms with Crippen LogP contribution in [0, 0.1) is 0 Å². The van der Waals surface area contributed by atoms with E-state index < -0.39 is 10.0 Å². The van der Waals surface area contributed by atoms with E-state index in [2.05, 4.69) is 0 Å². The number of hydrogen-bond donors (Lipinski definition) is 1. The fourth-order valence-corrected chi connectivity index (χ4v) is 3.93. The predicted molar refractivity (Wildman–Crippen MR) is 82.3 cm³/mol. The van der Waals surface area contributed by atoms with Crippen molar-refractivity contribution in [1.29, 1.82) is 0 Å². The number of nitrogens with two attached hydrogens (primary N) is 1. The number of sulfonamides is 1. The second-order valence-corrected chi connectivity index (χ2v) is 7.58. The van der Waals surface area contributed by atoms with Crippen LogP contribution in [0.5, 0.6) is 0 Å². The molecule has 0 amide bonds. The first-order valence-electron chi connectivity index (χ1n) is 5.91. The molecule has 2 rings (SSSR count). The molecule has 0 aliphatic heterocycles. The molecule has 4 nitrogen and oxygen atoms in total. The van der Waals surface area contributed by atoms with Crippen LogP contribution >= 0.6 is 22.9 Å². The summed E-state index contributed by atoms with van der Waals surface area (Å²) in [4.78, 5) is 0.178. The Hall–Kier alpha value is -0.920. The number of halogens is 1. The molecule has 0 fully saturated rings. The average Bonchev–Trinajstić information content (AvgIpc) is 2.91. The average molecular weight is 331 g/mol. The van der Waals surface area contributed by atoms with Crippen LogP contribution in [-0.2, 0) is 23.1 Å². The highest BCUT2D eigenvalue weighted by Crippen LogP contribution is 2.23. The maximum atomic E-state index is 12.4. The van der Waals surface area contributed by atoms with Gasteiger partial charge in [-0.05, 0) is 40.1 Å². The fraction of sp³-hybridized carbons (Fsp3) is 0.231. The highest BCUT2D eigenvalue weighted by Gasteiger charge is 2.21. The lowest BCUT2D eigenvalue weighted by atomic mass is 10.2. The van der Waals surface area contributed by atoms with E-state index >= 15 is 0 Å². The van der Waals surface area contributed by atoms with Gasteiger partial charge in [0, 0.05) is 25.2 Å². The van der Waals surface area contributed by atoms with Crippen LogP contribution in [-0.4, -0.2) is 19.8 Å². The number of hydrogen-bond acceptors (Lipinski definition) is 4. The third-order valence-corrected chi connectivity index (χ3v) is 5.82. The van der Waals surface area contributed by atoms with E-state index in [0.717, 1.165) is 11.1 Å². The predicted octanol–water partition coefficient (Wildman–Crippen LogP) is 2.68. The van der Waals surface area contributed by atoms with Crippen LogP contribution in [0.4, 0.5) is 0 Å². The molecular weight excluding hydrogens is 316 g/mol. The summed E-state index contributed by atoms with van der Waals surface area (Å²) in [6.45, 7) is 0.617. The van der Waals surface area contributed by atoms with Crippen molar-refractivity contribution in [3.8, 4) is 0 Å². The Balaban J connectivity index is 2.27. The van der Waals surface area contributed by atoms with Gasteiger partial charge in [0.05, 0.1) is 4.90 Å². The van der Waals surface area contributed by atoms with Crippen molar-refractivity contribution >= 4 is 33.0 Å². The van der Waals surface area contributed by atoms with Gasteiger partial charge in [0.25, 0.3) is 0 Å². The quantitative estimate of drug-likeness (QED) is 0.916. The van der Waals surface area contributed by atoms with E-state index in [-0.39, 0.29) is 11.4 Å². The van der Waals surface area contributed by atoms with Crippen molar-refractivity contribution < 1.29 is 8.42 Å². The summed E-state index contributed by atoms with van der Waals surface area (Å²) < 4.78 is 26.2. The number of nitrogens with zero attached hydrogens (tertiary/aromatic N) is 1. The molecule has 0 aliphatic carbocycles. The first-order valence-corrected chi connectivity index (χ1v) is 8.67. The third kappa shape index (κ3) is 3.21. The normalized spacial score (nSPS) is 12.0.